The van der Waals surface area contributed by atoms with Crippen molar-refractivity contribution in [3.05, 3.63) is 47.5 Å². The van der Waals surface area contributed by atoms with Gasteiger partial charge in [0.25, 0.3) is 5.91 Å². The highest BCUT2D eigenvalue weighted by molar-refractivity contribution is 5.97. The Bertz CT molecular complexity index is 1870. The molecule has 1 heterocycles. The fourth-order valence-corrected chi connectivity index (χ4v) is 9.70. The van der Waals surface area contributed by atoms with E-state index >= 15 is 0 Å². The van der Waals surface area contributed by atoms with E-state index in [9.17, 15) is 24.3 Å². The Labute approximate surface area is 356 Å². The van der Waals surface area contributed by atoms with Crippen LogP contribution in [0.1, 0.15) is 96.5 Å². The quantitative estimate of drug-likeness (QED) is 0.134. The van der Waals surface area contributed by atoms with Gasteiger partial charge in [0, 0.05) is 61.4 Å². The third kappa shape index (κ3) is 10.6. The van der Waals surface area contributed by atoms with Crippen molar-refractivity contribution in [1.29, 1.82) is 0 Å². The molecule has 60 heavy (non-hydrogen) atoms. The number of amides is 3. The third-order valence-corrected chi connectivity index (χ3v) is 13.3. The van der Waals surface area contributed by atoms with Gasteiger partial charge in [-0.15, -0.1) is 0 Å². The van der Waals surface area contributed by atoms with Gasteiger partial charge in [0.1, 0.15) is 17.9 Å². The van der Waals surface area contributed by atoms with Crippen LogP contribution in [0, 0.1) is 34.5 Å². The summed E-state index contributed by atoms with van der Waals surface area (Å²) >= 11 is 0. The Morgan fingerprint density at radius 2 is 1.75 bits per heavy atom. The zero-order valence-corrected chi connectivity index (χ0v) is 37.8. The number of carbonyl (C=O) groups excluding carboxylic acids is 3. The number of hydrogen-bond acceptors (Lipinski definition) is 10. The van der Waals surface area contributed by atoms with Crippen LogP contribution in [-0.2, 0) is 25.8 Å². The summed E-state index contributed by atoms with van der Waals surface area (Å²) in [7, 11) is 9.34. The summed E-state index contributed by atoms with van der Waals surface area (Å²) in [4.78, 5) is 62.8. The van der Waals surface area contributed by atoms with Crippen LogP contribution in [0.5, 0.6) is 5.75 Å². The molecule has 0 unspecified atom stereocenters. The van der Waals surface area contributed by atoms with E-state index in [1.165, 1.54) is 0 Å². The highest BCUT2D eigenvalue weighted by Gasteiger charge is 2.57. The molecule has 2 aromatic rings. The van der Waals surface area contributed by atoms with Crippen LogP contribution in [0.2, 0.25) is 0 Å². The maximum Gasteiger partial charge on any atom is 0.303 e. The molecule has 4 fully saturated rings. The van der Waals surface area contributed by atoms with Crippen LogP contribution in [0.3, 0.4) is 0 Å². The second-order valence-electron chi connectivity index (χ2n) is 19.6. The van der Waals surface area contributed by atoms with Crippen molar-refractivity contribution in [2.75, 3.05) is 46.7 Å². The van der Waals surface area contributed by atoms with E-state index in [0.717, 1.165) is 36.1 Å². The Kier molecular flexibility index (Phi) is 14.7. The van der Waals surface area contributed by atoms with Gasteiger partial charge in [0.2, 0.25) is 11.8 Å². The summed E-state index contributed by atoms with van der Waals surface area (Å²) < 4.78 is 6.13. The van der Waals surface area contributed by atoms with E-state index in [1.807, 2.05) is 74.4 Å². The van der Waals surface area contributed by atoms with Crippen LogP contribution >= 0.6 is 0 Å². The summed E-state index contributed by atoms with van der Waals surface area (Å²) in [5, 5.41) is 31.3. The predicted octanol–water partition coefficient (Wildman–Crippen LogP) is 5.13. The fourth-order valence-electron chi connectivity index (χ4n) is 9.70. The average Bonchev–Trinajstić information content (AvgIpc) is 3.53. The summed E-state index contributed by atoms with van der Waals surface area (Å²) in [6.07, 6.45) is 0.299. The van der Waals surface area contributed by atoms with Gasteiger partial charge in [0.15, 0.2) is 0 Å². The van der Waals surface area contributed by atoms with Gasteiger partial charge in [0.05, 0.1) is 32.3 Å². The minimum Gasteiger partial charge on any atom is -0.496 e. The number of aliphatic carboxylic acids is 1. The van der Waals surface area contributed by atoms with Crippen molar-refractivity contribution in [3.8, 4) is 16.9 Å². The Morgan fingerprint density at radius 1 is 1.05 bits per heavy atom. The van der Waals surface area contributed by atoms with Gasteiger partial charge < -0.3 is 35.8 Å². The molecule has 2 bridgehead atoms. The van der Waals surface area contributed by atoms with Crippen molar-refractivity contribution in [2.45, 2.75) is 118 Å². The van der Waals surface area contributed by atoms with E-state index in [2.05, 4.69) is 57.5 Å². The lowest BCUT2D eigenvalue weighted by Crippen LogP contribution is -2.62. The van der Waals surface area contributed by atoms with Gasteiger partial charge in [-0.2, -0.15) is 5.06 Å². The van der Waals surface area contributed by atoms with E-state index in [0.29, 0.717) is 28.7 Å². The molecule has 4 aliphatic rings. The van der Waals surface area contributed by atoms with Crippen LogP contribution in [0.25, 0.3) is 11.1 Å². The second-order valence-corrected chi connectivity index (χ2v) is 19.6. The number of aliphatic hydroxyl groups excluding tert-OH is 1. The van der Waals surface area contributed by atoms with Gasteiger partial charge in [-0.1, -0.05) is 59.7 Å². The van der Waals surface area contributed by atoms with Crippen LogP contribution in [0.15, 0.2) is 36.4 Å². The van der Waals surface area contributed by atoms with Crippen molar-refractivity contribution in [2.24, 2.45) is 34.5 Å². The van der Waals surface area contributed by atoms with E-state index in [4.69, 9.17) is 14.7 Å². The van der Waals surface area contributed by atoms with Crippen molar-refractivity contribution >= 4 is 29.4 Å². The molecular formula is C46H70N6O8. The first kappa shape index (κ1) is 46.8. The number of methoxy groups -OCH3 is 1. The monoisotopic (exact) mass is 835 g/mol. The summed E-state index contributed by atoms with van der Waals surface area (Å²) in [5.74, 6) is -0.911. The number of aliphatic hydroxyl groups is 1. The SMILES string of the molecule is COc1c(CN2O[C@@H](CNC(=O)CCC(=O)O)[C@@H]([C@H](C)O)[C@H]2C(=O)N[C@H]2C[C@H]3C[C@H]([C@@H]2C)C3(C)C)cccc1-c1cc(C(=O)N[C@@H](CC(C)(C)C)N(C)C)cc(N(C)C)c1. The van der Waals surface area contributed by atoms with Crippen LogP contribution in [-0.4, -0.2) is 116 Å². The fraction of sp³-hybridized carbons (Fsp3) is 0.652. The maximum absolute atomic E-state index is 14.6. The number of nitrogens with zero attached hydrogens (tertiary/aromatic N) is 3. The molecule has 14 nitrogen and oxygen atoms in total. The van der Waals surface area contributed by atoms with Crippen molar-refractivity contribution in [3.63, 3.8) is 0 Å². The lowest BCUT2D eigenvalue weighted by atomic mass is 9.45. The molecule has 14 heteroatoms. The molecule has 332 valence electrons. The van der Waals surface area contributed by atoms with Crippen LogP contribution in [0.4, 0.5) is 5.69 Å². The molecule has 9 atom stereocenters. The number of carboxylic acids is 1. The Balaban J connectivity index is 1.48. The standard InChI is InChI=1S/C46H70N6O8/c1-26-34-21-31(46(34,6)7)22-35(26)48-44(58)41-40(27(2)53)36(24-47-38(54)16-17-39(55)56)60-52(41)25-28-14-13-15-33(42(28)59-12)29-18-30(20-32(19-29)50(8)9)43(57)49-37(51(10)11)23-45(3,4)5/h13-15,18-20,26-27,31,34-37,40-41,53H,16-17,21-25H2,1-12H3,(H,47,54)(H,48,58)(H,49,57)(H,55,56)/t26-,27-,31+,34+,35-,36-,37+,40+,41-/m0/s1. The number of ether oxygens (including phenoxy) is 1. The van der Waals surface area contributed by atoms with E-state index < -0.39 is 36.0 Å². The van der Waals surface area contributed by atoms with Gasteiger partial charge in [-0.05, 0) is 92.6 Å². The number of para-hydroxylation sites is 1. The van der Waals surface area contributed by atoms with Crippen molar-refractivity contribution in [1.82, 2.24) is 25.9 Å². The van der Waals surface area contributed by atoms with Crippen molar-refractivity contribution < 1.29 is 39.0 Å². The second kappa shape index (κ2) is 18.8. The first-order valence-corrected chi connectivity index (χ1v) is 21.4. The number of rotatable bonds is 17. The Morgan fingerprint density at radius 3 is 2.32 bits per heavy atom. The molecule has 5 N–H and O–H groups in total. The summed E-state index contributed by atoms with van der Waals surface area (Å²) in [6.45, 7) is 15.0. The first-order chi connectivity index (χ1) is 28.0. The molecule has 3 amide bonds. The zero-order chi connectivity index (χ0) is 44.4. The number of hydrogen-bond donors (Lipinski definition) is 5. The summed E-state index contributed by atoms with van der Waals surface area (Å²) in [6, 6.07) is 10.5. The van der Waals surface area contributed by atoms with Gasteiger partial charge in [-0.25, -0.2) is 0 Å². The van der Waals surface area contributed by atoms with E-state index in [-0.39, 0.29) is 66.7 Å². The molecule has 1 saturated heterocycles. The number of carbonyl (C=O) groups is 4. The molecule has 2 aromatic carbocycles. The molecule has 0 aromatic heterocycles. The van der Waals surface area contributed by atoms with Gasteiger partial charge >= 0.3 is 5.97 Å². The smallest absolute Gasteiger partial charge is 0.303 e. The lowest BCUT2D eigenvalue weighted by molar-refractivity contribution is -0.177. The predicted molar refractivity (Wildman–Crippen MR) is 232 cm³/mol. The molecule has 0 radical (unpaired) electrons. The first-order valence-electron chi connectivity index (χ1n) is 21.4. The topological polar surface area (TPSA) is 173 Å². The number of hydroxylamine groups is 2. The lowest BCUT2D eigenvalue weighted by Gasteiger charge is -2.62. The molecule has 3 saturated carbocycles. The normalized spacial score (nSPS) is 25.8. The average molecular weight is 835 g/mol. The maximum atomic E-state index is 14.6. The minimum absolute atomic E-state index is 0.0116. The largest absolute Gasteiger partial charge is 0.496 e. The molecule has 6 rings (SSSR count). The Hall–Kier alpha value is -4.24. The third-order valence-electron chi connectivity index (χ3n) is 13.3. The number of fused-ring (bicyclic) bond motifs is 2. The molecular weight excluding hydrogens is 765 g/mol. The molecule has 1 aliphatic heterocycles. The van der Waals surface area contributed by atoms with Gasteiger partial charge in [-0.3, -0.25) is 28.9 Å². The number of carboxylic acid groups (broad SMARTS) is 1. The summed E-state index contributed by atoms with van der Waals surface area (Å²) in [5.41, 5.74) is 3.74. The highest BCUT2D eigenvalue weighted by Crippen LogP contribution is 2.61. The van der Waals surface area contributed by atoms with Crippen LogP contribution < -0.4 is 25.6 Å². The zero-order valence-electron chi connectivity index (χ0n) is 37.8. The molecule has 3 aliphatic carbocycles. The van der Waals surface area contributed by atoms with E-state index in [1.54, 1.807) is 19.1 Å². The molecule has 0 spiro atoms. The number of nitrogens with one attached hydrogen (secondary N) is 3. The number of benzene rings is 2. The minimum atomic E-state index is -1.08. The number of anilines is 1. The highest BCUT2D eigenvalue weighted by atomic mass is 16.7.